The standard InChI is InChI=1S/C12H14ClN3/c1-7(8-5-6-8)16-11-9(13)3-2-4-10(11)15-12(16)14/h2-4,7-8H,5-6H2,1H3,(H2,14,15). The molecular weight excluding hydrogens is 222 g/mol. The number of nitrogens with two attached hydrogens (primary N) is 1. The van der Waals surface area contributed by atoms with E-state index in [9.17, 15) is 0 Å². The van der Waals surface area contributed by atoms with Crippen LogP contribution in [-0.4, -0.2) is 9.55 Å². The number of nitrogens with zero attached hydrogens (tertiary/aromatic N) is 2. The fourth-order valence-electron chi connectivity index (χ4n) is 2.33. The van der Waals surface area contributed by atoms with E-state index >= 15 is 0 Å². The summed E-state index contributed by atoms with van der Waals surface area (Å²) in [6.45, 7) is 2.19. The maximum atomic E-state index is 6.23. The molecular formula is C12H14ClN3. The van der Waals surface area contributed by atoms with E-state index in [1.807, 2.05) is 18.2 Å². The van der Waals surface area contributed by atoms with Crippen LogP contribution in [0, 0.1) is 5.92 Å². The van der Waals surface area contributed by atoms with Gasteiger partial charge in [0, 0.05) is 6.04 Å². The zero-order valence-corrected chi connectivity index (χ0v) is 9.91. The monoisotopic (exact) mass is 235 g/mol. The molecule has 16 heavy (non-hydrogen) atoms. The van der Waals surface area contributed by atoms with Crippen LogP contribution in [0.3, 0.4) is 0 Å². The van der Waals surface area contributed by atoms with E-state index < -0.39 is 0 Å². The molecule has 1 atom stereocenters. The van der Waals surface area contributed by atoms with Gasteiger partial charge in [-0.2, -0.15) is 0 Å². The van der Waals surface area contributed by atoms with E-state index in [0.717, 1.165) is 22.0 Å². The summed E-state index contributed by atoms with van der Waals surface area (Å²) in [4.78, 5) is 4.36. The van der Waals surface area contributed by atoms with Crippen molar-refractivity contribution in [1.82, 2.24) is 9.55 Å². The van der Waals surface area contributed by atoms with Crippen molar-refractivity contribution in [3.63, 3.8) is 0 Å². The van der Waals surface area contributed by atoms with Gasteiger partial charge in [-0.3, -0.25) is 0 Å². The van der Waals surface area contributed by atoms with E-state index in [1.54, 1.807) is 0 Å². The Morgan fingerprint density at radius 2 is 2.25 bits per heavy atom. The van der Waals surface area contributed by atoms with Gasteiger partial charge in [0.2, 0.25) is 5.95 Å². The second-order valence-electron chi connectivity index (χ2n) is 4.53. The predicted octanol–water partition coefficient (Wildman–Crippen LogP) is 3.24. The average molecular weight is 236 g/mol. The van der Waals surface area contributed by atoms with Crippen molar-refractivity contribution >= 4 is 28.6 Å². The number of hydrogen-bond donors (Lipinski definition) is 1. The molecule has 4 heteroatoms. The van der Waals surface area contributed by atoms with Gasteiger partial charge < -0.3 is 10.3 Å². The molecule has 1 unspecified atom stereocenters. The molecule has 3 nitrogen and oxygen atoms in total. The third-order valence-electron chi connectivity index (χ3n) is 3.40. The Hall–Kier alpha value is -1.22. The van der Waals surface area contributed by atoms with Gasteiger partial charge in [0.15, 0.2) is 0 Å². The minimum absolute atomic E-state index is 0.393. The zero-order valence-electron chi connectivity index (χ0n) is 9.15. The number of rotatable bonds is 2. The lowest BCUT2D eigenvalue weighted by Crippen LogP contribution is -2.10. The van der Waals surface area contributed by atoms with Crippen molar-refractivity contribution < 1.29 is 0 Å². The van der Waals surface area contributed by atoms with Gasteiger partial charge in [0.1, 0.15) is 0 Å². The molecule has 0 aliphatic heterocycles. The number of nitrogen functional groups attached to an aromatic ring is 1. The molecule has 1 aromatic carbocycles. The Morgan fingerprint density at radius 1 is 1.50 bits per heavy atom. The van der Waals surface area contributed by atoms with Crippen LogP contribution < -0.4 is 5.73 Å². The molecule has 3 rings (SSSR count). The van der Waals surface area contributed by atoms with Crippen molar-refractivity contribution in [3.8, 4) is 0 Å². The molecule has 1 aromatic heterocycles. The summed E-state index contributed by atoms with van der Waals surface area (Å²) in [6, 6.07) is 6.14. The summed E-state index contributed by atoms with van der Waals surface area (Å²) in [5.74, 6) is 1.30. The third kappa shape index (κ3) is 1.39. The van der Waals surface area contributed by atoms with Crippen LogP contribution in [-0.2, 0) is 0 Å². The van der Waals surface area contributed by atoms with Crippen LogP contribution >= 0.6 is 11.6 Å². The maximum absolute atomic E-state index is 6.23. The van der Waals surface area contributed by atoms with Gasteiger partial charge in [-0.1, -0.05) is 17.7 Å². The molecule has 0 amide bonds. The highest BCUT2D eigenvalue weighted by atomic mass is 35.5. The van der Waals surface area contributed by atoms with Gasteiger partial charge >= 0.3 is 0 Å². The van der Waals surface area contributed by atoms with Crippen LogP contribution in [0.1, 0.15) is 25.8 Å². The van der Waals surface area contributed by atoms with Crippen molar-refractivity contribution in [2.75, 3.05) is 5.73 Å². The molecule has 1 fully saturated rings. The predicted molar refractivity (Wildman–Crippen MR) is 66.6 cm³/mol. The van der Waals surface area contributed by atoms with Crippen LogP contribution in [0.25, 0.3) is 11.0 Å². The lowest BCUT2D eigenvalue weighted by molar-refractivity contribution is 0.504. The number of imidazole rings is 1. The van der Waals surface area contributed by atoms with Crippen molar-refractivity contribution in [2.45, 2.75) is 25.8 Å². The summed E-state index contributed by atoms with van der Waals surface area (Å²) in [6.07, 6.45) is 2.56. The third-order valence-corrected chi connectivity index (χ3v) is 3.70. The Bertz CT molecular complexity index is 542. The average Bonchev–Trinajstić information content (AvgIpc) is 3.01. The van der Waals surface area contributed by atoms with Gasteiger partial charge in [0.05, 0.1) is 16.1 Å². The van der Waals surface area contributed by atoms with Crippen LogP contribution in [0.4, 0.5) is 5.95 Å². The Kier molecular flexibility index (Phi) is 2.11. The van der Waals surface area contributed by atoms with E-state index in [0.29, 0.717) is 12.0 Å². The number of para-hydroxylation sites is 1. The smallest absolute Gasteiger partial charge is 0.201 e. The summed E-state index contributed by atoms with van der Waals surface area (Å²) in [5, 5.41) is 0.731. The molecule has 1 saturated carbocycles. The van der Waals surface area contributed by atoms with Crippen LogP contribution in [0.2, 0.25) is 5.02 Å². The topological polar surface area (TPSA) is 43.8 Å². The lowest BCUT2D eigenvalue weighted by Gasteiger charge is -2.15. The maximum Gasteiger partial charge on any atom is 0.201 e. The highest BCUT2D eigenvalue weighted by Crippen LogP contribution is 2.42. The van der Waals surface area contributed by atoms with E-state index in [-0.39, 0.29) is 0 Å². The molecule has 0 spiro atoms. The number of fused-ring (bicyclic) bond motifs is 1. The Morgan fingerprint density at radius 3 is 2.94 bits per heavy atom. The molecule has 0 saturated heterocycles. The molecule has 2 aromatic rings. The normalized spacial score (nSPS) is 17.9. The Labute approximate surface area is 99.2 Å². The summed E-state index contributed by atoms with van der Waals surface area (Å²) in [7, 11) is 0. The van der Waals surface area contributed by atoms with Gasteiger partial charge in [-0.15, -0.1) is 0 Å². The summed E-state index contributed by atoms with van der Waals surface area (Å²) < 4.78 is 2.08. The van der Waals surface area contributed by atoms with Crippen LogP contribution in [0.5, 0.6) is 0 Å². The Balaban J connectivity index is 2.24. The minimum atomic E-state index is 0.393. The highest BCUT2D eigenvalue weighted by Gasteiger charge is 2.31. The van der Waals surface area contributed by atoms with Gasteiger partial charge in [-0.05, 0) is 37.8 Å². The van der Waals surface area contributed by atoms with E-state index in [4.69, 9.17) is 17.3 Å². The minimum Gasteiger partial charge on any atom is -0.369 e. The van der Waals surface area contributed by atoms with E-state index in [1.165, 1.54) is 12.8 Å². The molecule has 2 N–H and O–H groups in total. The first kappa shape index (κ1) is 9.97. The molecule has 1 aliphatic carbocycles. The fraction of sp³-hybridized carbons (Fsp3) is 0.417. The number of hydrogen-bond acceptors (Lipinski definition) is 2. The second kappa shape index (κ2) is 3.39. The summed E-state index contributed by atoms with van der Waals surface area (Å²) >= 11 is 6.23. The number of halogens is 1. The number of aromatic nitrogens is 2. The van der Waals surface area contributed by atoms with Crippen LogP contribution in [0.15, 0.2) is 18.2 Å². The quantitative estimate of drug-likeness (QED) is 0.869. The van der Waals surface area contributed by atoms with E-state index in [2.05, 4.69) is 16.5 Å². The molecule has 1 aliphatic rings. The molecule has 0 radical (unpaired) electrons. The second-order valence-corrected chi connectivity index (χ2v) is 4.93. The first-order chi connectivity index (χ1) is 7.68. The first-order valence-corrected chi connectivity index (χ1v) is 5.98. The lowest BCUT2D eigenvalue weighted by atomic mass is 10.2. The number of anilines is 1. The fourth-order valence-corrected chi connectivity index (χ4v) is 2.59. The molecule has 1 heterocycles. The highest BCUT2D eigenvalue weighted by molar-refractivity contribution is 6.35. The van der Waals surface area contributed by atoms with Crippen molar-refractivity contribution in [3.05, 3.63) is 23.2 Å². The zero-order chi connectivity index (χ0) is 11.3. The number of benzene rings is 1. The van der Waals surface area contributed by atoms with Gasteiger partial charge in [0.25, 0.3) is 0 Å². The molecule has 0 bridgehead atoms. The van der Waals surface area contributed by atoms with Crippen molar-refractivity contribution in [2.24, 2.45) is 5.92 Å². The largest absolute Gasteiger partial charge is 0.369 e. The van der Waals surface area contributed by atoms with Crippen molar-refractivity contribution in [1.29, 1.82) is 0 Å². The summed E-state index contributed by atoms with van der Waals surface area (Å²) in [5.41, 5.74) is 7.84. The SMILES string of the molecule is CC(C1CC1)n1c(N)nc2cccc(Cl)c21. The van der Waals surface area contributed by atoms with Gasteiger partial charge in [-0.25, -0.2) is 4.98 Å². The first-order valence-electron chi connectivity index (χ1n) is 5.60. The molecule has 84 valence electrons.